The first-order valence-electron chi connectivity index (χ1n) is 9.03. The molecule has 25 heavy (non-hydrogen) atoms. The van der Waals surface area contributed by atoms with Gasteiger partial charge in [-0.25, -0.2) is 9.78 Å². The first-order chi connectivity index (χ1) is 11.8. The molecular formula is C19H29ClN2O3. The second-order valence-corrected chi connectivity index (χ2v) is 7.89. The second-order valence-electron chi connectivity index (χ2n) is 7.51. The fraction of sp³-hybridized carbons (Fsp3) is 0.684. The van der Waals surface area contributed by atoms with Crippen LogP contribution in [0, 0.1) is 0 Å². The molecule has 5 nitrogen and oxygen atoms in total. The Bertz CT molecular complexity index is 543. The van der Waals surface area contributed by atoms with Crippen LogP contribution in [-0.2, 0) is 16.1 Å². The number of amides is 1. The number of halogens is 1. The summed E-state index contributed by atoms with van der Waals surface area (Å²) in [7, 11) is 0. The highest BCUT2D eigenvalue weighted by Gasteiger charge is 2.29. The van der Waals surface area contributed by atoms with Gasteiger partial charge in [0.15, 0.2) is 0 Å². The molecule has 1 unspecified atom stereocenters. The molecule has 6 heteroatoms. The molecule has 1 aromatic rings. The van der Waals surface area contributed by atoms with Gasteiger partial charge in [0.25, 0.3) is 0 Å². The fourth-order valence-corrected chi connectivity index (χ4v) is 3.08. The Morgan fingerprint density at radius 3 is 2.84 bits per heavy atom. The SMILES string of the molecule is CC(C)(C)OC(=O)N1CCCCC1CCCOCc1ccc(Cl)nc1. The molecular weight excluding hydrogens is 340 g/mol. The van der Waals surface area contributed by atoms with E-state index in [4.69, 9.17) is 21.1 Å². The van der Waals surface area contributed by atoms with Crippen molar-refractivity contribution in [2.75, 3.05) is 13.2 Å². The van der Waals surface area contributed by atoms with Crippen molar-refractivity contribution in [1.29, 1.82) is 0 Å². The lowest BCUT2D eigenvalue weighted by molar-refractivity contribution is 0.00726. The largest absolute Gasteiger partial charge is 0.444 e. The van der Waals surface area contributed by atoms with E-state index in [1.165, 1.54) is 6.42 Å². The van der Waals surface area contributed by atoms with Gasteiger partial charge in [-0.2, -0.15) is 0 Å². The van der Waals surface area contributed by atoms with Crippen LogP contribution in [0.5, 0.6) is 0 Å². The van der Waals surface area contributed by atoms with Gasteiger partial charge in [0.1, 0.15) is 10.8 Å². The lowest BCUT2D eigenvalue weighted by atomic mass is 9.98. The Labute approximate surface area is 155 Å². The van der Waals surface area contributed by atoms with Crippen molar-refractivity contribution in [2.45, 2.75) is 71.1 Å². The topological polar surface area (TPSA) is 51.7 Å². The maximum Gasteiger partial charge on any atom is 0.410 e. The van der Waals surface area contributed by atoms with E-state index in [0.29, 0.717) is 18.4 Å². The number of nitrogens with zero attached hydrogens (tertiary/aromatic N) is 2. The van der Waals surface area contributed by atoms with Crippen LogP contribution >= 0.6 is 11.6 Å². The van der Waals surface area contributed by atoms with E-state index < -0.39 is 5.60 Å². The zero-order valence-corrected chi connectivity index (χ0v) is 16.2. The van der Waals surface area contributed by atoms with E-state index in [0.717, 1.165) is 37.8 Å². The third-order valence-electron chi connectivity index (χ3n) is 4.14. The average molecular weight is 369 g/mol. The molecule has 0 aromatic carbocycles. The zero-order chi connectivity index (χ0) is 18.3. The van der Waals surface area contributed by atoms with Crippen LogP contribution in [0.1, 0.15) is 58.4 Å². The lowest BCUT2D eigenvalue weighted by Gasteiger charge is -2.36. The molecule has 0 radical (unpaired) electrons. The predicted molar refractivity (Wildman–Crippen MR) is 98.7 cm³/mol. The quantitative estimate of drug-likeness (QED) is 0.533. The summed E-state index contributed by atoms with van der Waals surface area (Å²) < 4.78 is 11.2. The molecule has 140 valence electrons. The number of rotatable bonds is 6. The molecule has 1 aliphatic rings. The summed E-state index contributed by atoms with van der Waals surface area (Å²) in [5.74, 6) is 0. The highest BCUT2D eigenvalue weighted by molar-refractivity contribution is 6.29. The summed E-state index contributed by atoms with van der Waals surface area (Å²) >= 11 is 5.77. The number of carbonyl (C=O) groups excluding carboxylic acids is 1. The van der Waals surface area contributed by atoms with E-state index in [9.17, 15) is 4.79 Å². The van der Waals surface area contributed by atoms with Crippen molar-refractivity contribution in [3.05, 3.63) is 29.0 Å². The Kier molecular flexibility index (Phi) is 7.51. The van der Waals surface area contributed by atoms with Crippen LogP contribution < -0.4 is 0 Å². The zero-order valence-electron chi connectivity index (χ0n) is 15.5. The van der Waals surface area contributed by atoms with Crippen molar-refractivity contribution in [3.8, 4) is 0 Å². The van der Waals surface area contributed by atoms with Crippen LogP contribution in [-0.4, -0.2) is 40.8 Å². The molecule has 0 saturated carbocycles. The standard InChI is InChI=1S/C19H29ClN2O3/c1-19(2,3)25-18(23)22-11-5-4-7-16(22)8-6-12-24-14-15-9-10-17(20)21-13-15/h9-10,13,16H,4-8,11-12,14H2,1-3H3. The average Bonchev–Trinajstić information content (AvgIpc) is 2.55. The lowest BCUT2D eigenvalue weighted by Crippen LogP contribution is -2.46. The van der Waals surface area contributed by atoms with E-state index >= 15 is 0 Å². The van der Waals surface area contributed by atoms with E-state index in [-0.39, 0.29) is 12.1 Å². The van der Waals surface area contributed by atoms with E-state index in [2.05, 4.69) is 4.98 Å². The van der Waals surface area contributed by atoms with Crippen LogP contribution in [0.15, 0.2) is 18.3 Å². The summed E-state index contributed by atoms with van der Waals surface area (Å²) in [6.45, 7) is 7.71. The molecule has 1 aliphatic heterocycles. The van der Waals surface area contributed by atoms with E-state index in [1.54, 1.807) is 12.3 Å². The van der Waals surface area contributed by atoms with Gasteiger partial charge in [-0.3, -0.25) is 0 Å². The van der Waals surface area contributed by atoms with Crippen molar-refractivity contribution < 1.29 is 14.3 Å². The van der Waals surface area contributed by atoms with Gasteiger partial charge >= 0.3 is 6.09 Å². The van der Waals surface area contributed by atoms with Crippen molar-refractivity contribution in [3.63, 3.8) is 0 Å². The van der Waals surface area contributed by atoms with Gasteiger partial charge in [-0.1, -0.05) is 17.7 Å². The Morgan fingerprint density at radius 1 is 1.36 bits per heavy atom. The summed E-state index contributed by atoms with van der Waals surface area (Å²) in [5, 5.41) is 0.489. The maximum atomic E-state index is 12.4. The first kappa shape index (κ1) is 20.0. The molecule has 2 heterocycles. The summed E-state index contributed by atoms with van der Waals surface area (Å²) in [5.41, 5.74) is 0.562. The molecule has 1 atom stereocenters. The van der Waals surface area contributed by atoms with Crippen LogP contribution in [0.4, 0.5) is 4.79 Å². The number of ether oxygens (including phenoxy) is 2. The van der Waals surface area contributed by atoms with Crippen LogP contribution in [0.3, 0.4) is 0 Å². The van der Waals surface area contributed by atoms with Gasteiger partial charge in [-0.05, 0) is 64.5 Å². The Hall–Kier alpha value is -1.33. The molecule has 1 aromatic heterocycles. The van der Waals surface area contributed by atoms with Gasteiger partial charge in [0.05, 0.1) is 6.61 Å². The summed E-state index contributed by atoms with van der Waals surface area (Å²) in [6.07, 6.45) is 6.67. The maximum absolute atomic E-state index is 12.4. The minimum Gasteiger partial charge on any atom is -0.444 e. The number of likely N-dealkylation sites (tertiary alicyclic amines) is 1. The van der Waals surface area contributed by atoms with Crippen molar-refractivity contribution in [1.82, 2.24) is 9.88 Å². The van der Waals surface area contributed by atoms with Crippen molar-refractivity contribution >= 4 is 17.7 Å². The van der Waals surface area contributed by atoms with Gasteiger partial charge in [0, 0.05) is 25.4 Å². The summed E-state index contributed by atoms with van der Waals surface area (Å²) in [4.78, 5) is 18.3. The molecule has 0 aliphatic carbocycles. The highest BCUT2D eigenvalue weighted by atomic mass is 35.5. The fourth-order valence-electron chi connectivity index (χ4n) is 2.96. The monoisotopic (exact) mass is 368 g/mol. The number of pyridine rings is 1. The minimum atomic E-state index is -0.450. The summed E-state index contributed by atoms with van der Waals surface area (Å²) in [6, 6.07) is 3.94. The highest BCUT2D eigenvalue weighted by Crippen LogP contribution is 2.23. The molecule has 1 amide bonds. The van der Waals surface area contributed by atoms with Crippen LogP contribution in [0.2, 0.25) is 5.15 Å². The van der Waals surface area contributed by atoms with Crippen molar-refractivity contribution in [2.24, 2.45) is 0 Å². The molecule has 0 bridgehead atoms. The third kappa shape index (κ3) is 7.20. The first-order valence-corrected chi connectivity index (χ1v) is 9.41. The van der Waals surface area contributed by atoms with E-state index in [1.807, 2.05) is 31.7 Å². The third-order valence-corrected chi connectivity index (χ3v) is 4.36. The van der Waals surface area contributed by atoms with Gasteiger partial charge < -0.3 is 14.4 Å². The Balaban J connectivity index is 1.72. The Morgan fingerprint density at radius 2 is 2.16 bits per heavy atom. The van der Waals surface area contributed by atoms with Gasteiger partial charge in [0.2, 0.25) is 0 Å². The molecule has 1 saturated heterocycles. The number of aromatic nitrogens is 1. The smallest absolute Gasteiger partial charge is 0.410 e. The number of piperidine rings is 1. The number of carbonyl (C=O) groups is 1. The minimum absolute atomic E-state index is 0.189. The second kappa shape index (κ2) is 9.39. The van der Waals surface area contributed by atoms with Crippen LogP contribution in [0.25, 0.3) is 0 Å². The molecule has 0 N–H and O–H groups in total. The molecule has 1 fully saturated rings. The molecule has 0 spiro atoms. The normalized spacial score (nSPS) is 18.2. The predicted octanol–water partition coefficient (Wildman–Crippen LogP) is 4.82. The van der Waals surface area contributed by atoms with Gasteiger partial charge in [-0.15, -0.1) is 0 Å². The number of hydrogen-bond acceptors (Lipinski definition) is 4. The molecule has 2 rings (SSSR count). The number of hydrogen-bond donors (Lipinski definition) is 0.